The molecule has 0 fully saturated rings. The van der Waals surface area contributed by atoms with Gasteiger partial charge < -0.3 is 9.72 Å². The number of imidazole rings is 1. The van der Waals surface area contributed by atoms with Crippen LogP contribution in [0.2, 0.25) is 0 Å². The summed E-state index contributed by atoms with van der Waals surface area (Å²) in [6.07, 6.45) is 3.71. The molecule has 0 aliphatic carbocycles. The SMILES string of the molecule is COc1ccc(/C=C/c2nc3c([nH]2)c(=O)n(C)c(=O)n3C)c(C)c1C. The second-order valence-corrected chi connectivity index (χ2v) is 5.97. The molecule has 0 unspecified atom stereocenters. The van der Waals surface area contributed by atoms with E-state index < -0.39 is 5.69 Å². The fourth-order valence-electron chi connectivity index (χ4n) is 2.81. The summed E-state index contributed by atoms with van der Waals surface area (Å²) in [5, 5.41) is 0. The summed E-state index contributed by atoms with van der Waals surface area (Å²) in [7, 11) is 4.69. The van der Waals surface area contributed by atoms with Crippen LogP contribution in [0.3, 0.4) is 0 Å². The Morgan fingerprint density at radius 3 is 2.48 bits per heavy atom. The Hall–Kier alpha value is -3.09. The molecule has 0 aliphatic rings. The first-order chi connectivity index (χ1) is 11.8. The molecule has 2 aromatic heterocycles. The molecule has 0 atom stereocenters. The van der Waals surface area contributed by atoms with Crippen molar-refractivity contribution in [3.63, 3.8) is 0 Å². The van der Waals surface area contributed by atoms with Gasteiger partial charge in [-0.25, -0.2) is 9.78 Å². The van der Waals surface area contributed by atoms with E-state index in [2.05, 4.69) is 9.97 Å². The number of methoxy groups -OCH3 is 1. The largest absolute Gasteiger partial charge is 0.496 e. The van der Waals surface area contributed by atoms with Crippen LogP contribution in [0, 0.1) is 13.8 Å². The highest BCUT2D eigenvalue weighted by molar-refractivity contribution is 5.76. The first-order valence-electron chi connectivity index (χ1n) is 7.83. The molecule has 3 rings (SSSR count). The lowest BCUT2D eigenvalue weighted by Crippen LogP contribution is -2.36. The second-order valence-electron chi connectivity index (χ2n) is 5.97. The Morgan fingerprint density at radius 1 is 1.08 bits per heavy atom. The second kappa shape index (κ2) is 6.08. The molecule has 1 N–H and O–H groups in total. The Labute approximate surface area is 144 Å². The van der Waals surface area contributed by atoms with Crippen LogP contribution in [-0.2, 0) is 14.1 Å². The van der Waals surface area contributed by atoms with E-state index in [0.717, 1.165) is 27.0 Å². The maximum absolute atomic E-state index is 12.2. The quantitative estimate of drug-likeness (QED) is 0.788. The van der Waals surface area contributed by atoms with Crippen molar-refractivity contribution in [1.29, 1.82) is 0 Å². The van der Waals surface area contributed by atoms with Crippen molar-refractivity contribution in [1.82, 2.24) is 19.1 Å². The zero-order chi connectivity index (χ0) is 18.3. The van der Waals surface area contributed by atoms with E-state index in [4.69, 9.17) is 4.74 Å². The van der Waals surface area contributed by atoms with Crippen LogP contribution >= 0.6 is 0 Å². The maximum atomic E-state index is 12.2. The highest BCUT2D eigenvalue weighted by Crippen LogP contribution is 2.25. The minimum Gasteiger partial charge on any atom is -0.496 e. The number of benzene rings is 1. The highest BCUT2D eigenvalue weighted by atomic mass is 16.5. The summed E-state index contributed by atoms with van der Waals surface area (Å²) in [5.41, 5.74) is 3.08. The van der Waals surface area contributed by atoms with Gasteiger partial charge in [0.15, 0.2) is 5.65 Å². The Morgan fingerprint density at radius 2 is 1.80 bits per heavy atom. The number of rotatable bonds is 3. The number of hydrogen-bond acceptors (Lipinski definition) is 4. The van der Waals surface area contributed by atoms with E-state index in [1.807, 2.05) is 32.1 Å². The van der Waals surface area contributed by atoms with Gasteiger partial charge in [0.05, 0.1) is 7.11 Å². The normalized spacial score (nSPS) is 11.6. The lowest BCUT2D eigenvalue weighted by Gasteiger charge is -2.09. The summed E-state index contributed by atoms with van der Waals surface area (Å²) in [6.45, 7) is 4.03. The summed E-state index contributed by atoms with van der Waals surface area (Å²) in [5.74, 6) is 1.36. The van der Waals surface area contributed by atoms with Crippen LogP contribution < -0.4 is 16.0 Å². The van der Waals surface area contributed by atoms with E-state index in [9.17, 15) is 9.59 Å². The summed E-state index contributed by atoms with van der Waals surface area (Å²) in [6, 6.07) is 3.88. The summed E-state index contributed by atoms with van der Waals surface area (Å²) in [4.78, 5) is 31.5. The summed E-state index contributed by atoms with van der Waals surface area (Å²) < 4.78 is 7.74. The topological polar surface area (TPSA) is 81.9 Å². The number of aromatic amines is 1. The molecular formula is C18H20N4O3. The fourth-order valence-corrected chi connectivity index (χ4v) is 2.81. The van der Waals surface area contributed by atoms with Crippen molar-refractivity contribution in [2.24, 2.45) is 14.1 Å². The van der Waals surface area contributed by atoms with Crippen molar-refractivity contribution in [2.45, 2.75) is 13.8 Å². The smallest absolute Gasteiger partial charge is 0.332 e. The number of ether oxygens (including phenoxy) is 1. The molecule has 1 aromatic carbocycles. The number of nitrogens with zero attached hydrogens (tertiary/aromatic N) is 3. The average molecular weight is 340 g/mol. The van der Waals surface area contributed by atoms with Crippen molar-refractivity contribution in [3.8, 4) is 5.75 Å². The number of aryl methyl sites for hydroxylation is 1. The van der Waals surface area contributed by atoms with Gasteiger partial charge in [0, 0.05) is 14.1 Å². The third kappa shape index (κ3) is 2.67. The minimum atomic E-state index is -0.402. The van der Waals surface area contributed by atoms with Crippen LogP contribution in [0.25, 0.3) is 23.3 Å². The molecule has 130 valence electrons. The van der Waals surface area contributed by atoms with Gasteiger partial charge in [-0.05, 0) is 42.7 Å². The molecule has 2 heterocycles. The fraction of sp³-hybridized carbons (Fsp3) is 0.278. The predicted molar refractivity (Wildman–Crippen MR) is 98.0 cm³/mol. The van der Waals surface area contributed by atoms with Gasteiger partial charge in [0.2, 0.25) is 0 Å². The van der Waals surface area contributed by atoms with Crippen LogP contribution in [-0.4, -0.2) is 26.2 Å². The predicted octanol–water partition coefficient (Wildman–Crippen LogP) is 1.76. The number of H-pyrrole nitrogens is 1. The summed E-state index contributed by atoms with van der Waals surface area (Å²) >= 11 is 0. The third-order valence-electron chi connectivity index (χ3n) is 4.53. The van der Waals surface area contributed by atoms with Crippen molar-refractivity contribution in [2.75, 3.05) is 7.11 Å². The van der Waals surface area contributed by atoms with Gasteiger partial charge in [0.1, 0.15) is 17.1 Å². The standard InChI is InChI=1S/C18H20N4O3/c1-10-11(2)13(25-5)8-6-12(10)7-9-14-19-15-16(20-14)21(3)18(24)22(4)17(15)23/h6-9H,1-5H3,(H,19,20)/b9-7+. The lowest BCUT2D eigenvalue weighted by molar-refractivity contribution is 0.411. The van der Waals surface area contributed by atoms with Crippen LogP contribution in [0.1, 0.15) is 22.5 Å². The van der Waals surface area contributed by atoms with Crippen LogP contribution in [0.4, 0.5) is 0 Å². The molecule has 0 bridgehead atoms. The molecule has 7 nitrogen and oxygen atoms in total. The molecule has 0 saturated heterocycles. The average Bonchev–Trinajstić information content (AvgIpc) is 3.04. The molecule has 25 heavy (non-hydrogen) atoms. The van der Waals surface area contributed by atoms with Crippen LogP contribution in [0.5, 0.6) is 5.75 Å². The lowest BCUT2D eigenvalue weighted by atomic mass is 10.0. The molecule has 0 radical (unpaired) electrons. The van der Waals surface area contributed by atoms with Gasteiger partial charge in [-0.15, -0.1) is 0 Å². The minimum absolute atomic E-state index is 0.312. The first kappa shape index (κ1) is 16.8. The Kier molecular flexibility index (Phi) is 4.08. The number of hydrogen-bond donors (Lipinski definition) is 1. The third-order valence-corrected chi connectivity index (χ3v) is 4.53. The number of aromatic nitrogens is 4. The van der Waals surface area contributed by atoms with Gasteiger partial charge in [-0.2, -0.15) is 0 Å². The number of nitrogens with one attached hydrogen (secondary N) is 1. The van der Waals surface area contributed by atoms with E-state index >= 15 is 0 Å². The van der Waals surface area contributed by atoms with Gasteiger partial charge in [-0.3, -0.25) is 13.9 Å². The monoisotopic (exact) mass is 340 g/mol. The van der Waals surface area contributed by atoms with Gasteiger partial charge in [-0.1, -0.05) is 12.1 Å². The van der Waals surface area contributed by atoms with E-state index in [1.54, 1.807) is 20.2 Å². The van der Waals surface area contributed by atoms with Gasteiger partial charge in [0.25, 0.3) is 5.56 Å². The first-order valence-corrected chi connectivity index (χ1v) is 7.83. The van der Waals surface area contributed by atoms with E-state index in [1.165, 1.54) is 11.6 Å². The molecule has 0 aliphatic heterocycles. The molecule has 0 saturated carbocycles. The number of fused-ring (bicyclic) bond motifs is 1. The van der Waals surface area contributed by atoms with E-state index in [-0.39, 0.29) is 5.56 Å². The van der Waals surface area contributed by atoms with Crippen molar-refractivity contribution < 1.29 is 4.74 Å². The van der Waals surface area contributed by atoms with Crippen molar-refractivity contribution in [3.05, 3.63) is 55.5 Å². The molecule has 0 spiro atoms. The zero-order valence-electron chi connectivity index (χ0n) is 14.9. The molecule has 3 aromatic rings. The Bertz CT molecular complexity index is 1120. The Balaban J connectivity index is 2.08. The van der Waals surface area contributed by atoms with E-state index in [0.29, 0.717) is 17.0 Å². The van der Waals surface area contributed by atoms with Gasteiger partial charge >= 0.3 is 5.69 Å². The van der Waals surface area contributed by atoms with Crippen molar-refractivity contribution >= 4 is 23.3 Å². The zero-order valence-corrected chi connectivity index (χ0v) is 14.9. The molecule has 0 amide bonds. The highest BCUT2D eigenvalue weighted by Gasteiger charge is 2.12. The van der Waals surface area contributed by atoms with Crippen LogP contribution in [0.15, 0.2) is 21.7 Å². The molecule has 7 heteroatoms. The maximum Gasteiger partial charge on any atom is 0.332 e. The molecular weight excluding hydrogens is 320 g/mol.